The summed E-state index contributed by atoms with van der Waals surface area (Å²) in [6.45, 7) is 5.26. The van der Waals surface area contributed by atoms with E-state index in [-0.39, 0.29) is 6.67 Å². The summed E-state index contributed by atoms with van der Waals surface area (Å²) in [5.74, 6) is 0. The van der Waals surface area contributed by atoms with Gasteiger partial charge in [-0.1, -0.05) is 103 Å². The molecule has 0 aromatic rings. The summed E-state index contributed by atoms with van der Waals surface area (Å²) in [5, 5.41) is 0. The fourth-order valence-electron chi connectivity index (χ4n) is 3.37. The molecule has 0 aromatic carbocycles. The number of halogens is 1. The van der Waals surface area contributed by atoms with Crippen LogP contribution in [-0.2, 0) is 4.74 Å². The van der Waals surface area contributed by atoms with E-state index < -0.39 is 0 Å². The van der Waals surface area contributed by atoms with E-state index in [0.717, 1.165) is 25.9 Å². The van der Waals surface area contributed by atoms with Gasteiger partial charge in [0.25, 0.3) is 0 Å². The molecule has 0 aliphatic heterocycles. The molecule has 1 unspecified atom stereocenters. The van der Waals surface area contributed by atoms with Gasteiger partial charge in [-0.2, -0.15) is 0 Å². The van der Waals surface area contributed by atoms with Gasteiger partial charge in [-0.05, 0) is 26.2 Å². The molecular weight excluding hydrogens is 311 g/mol. The Morgan fingerprint density at radius 2 is 1.04 bits per heavy atom. The van der Waals surface area contributed by atoms with Gasteiger partial charge in [-0.25, -0.2) is 0 Å². The molecule has 0 aliphatic carbocycles. The Hall–Kier alpha value is -0.110. The zero-order valence-electron chi connectivity index (χ0n) is 17.5. The summed E-state index contributed by atoms with van der Waals surface area (Å²) in [4.78, 5) is 0. The standard InChI is InChI=1S/C23H47FO/c1-3-4-5-6-7-8-9-10-11-12-16-19-22-25-23(2)20-17-14-13-15-18-21-24/h23H,3-22H2,1-2H3. The second-order valence-corrected chi connectivity index (χ2v) is 7.82. The molecule has 1 atom stereocenters. The third-order valence-electron chi connectivity index (χ3n) is 5.14. The largest absolute Gasteiger partial charge is 0.379 e. The molecule has 0 N–H and O–H groups in total. The van der Waals surface area contributed by atoms with Gasteiger partial charge in [0, 0.05) is 6.61 Å². The first kappa shape index (κ1) is 24.9. The first-order valence-corrected chi connectivity index (χ1v) is 11.5. The van der Waals surface area contributed by atoms with Gasteiger partial charge in [0.1, 0.15) is 0 Å². The molecule has 0 amide bonds. The van der Waals surface area contributed by atoms with Crippen molar-refractivity contribution >= 4 is 0 Å². The maximum absolute atomic E-state index is 12.0. The summed E-state index contributed by atoms with van der Waals surface area (Å²) in [5.41, 5.74) is 0. The lowest BCUT2D eigenvalue weighted by Gasteiger charge is -2.12. The van der Waals surface area contributed by atoms with Crippen LogP contribution >= 0.6 is 0 Å². The molecule has 0 fully saturated rings. The number of alkyl halides is 1. The monoisotopic (exact) mass is 358 g/mol. The number of rotatable bonds is 21. The summed E-state index contributed by atoms with van der Waals surface area (Å²) in [7, 11) is 0. The average Bonchev–Trinajstić information content (AvgIpc) is 2.62. The van der Waals surface area contributed by atoms with Gasteiger partial charge >= 0.3 is 0 Å². The molecule has 0 saturated heterocycles. The van der Waals surface area contributed by atoms with E-state index in [1.54, 1.807) is 0 Å². The van der Waals surface area contributed by atoms with E-state index in [4.69, 9.17) is 4.74 Å². The van der Waals surface area contributed by atoms with E-state index in [9.17, 15) is 4.39 Å². The van der Waals surface area contributed by atoms with Crippen LogP contribution < -0.4 is 0 Å². The Labute approximate surface area is 158 Å². The van der Waals surface area contributed by atoms with Gasteiger partial charge < -0.3 is 4.74 Å². The zero-order valence-corrected chi connectivity index (χ0v) is 17.5. The smallest absolute Gasteiger partial charge is 0.0894 e. The van der Waals surface area contributed by atoms with E-state index in [1.165, 1.54) is 96.3 Å². The van der Waals surface area contributed by atoms with E-state index in [2.05, 4.69) is 13.8 Å². The molecule has 2 heteroatoms. The Morgan fingerprint density at radius 3 is 1.56 bits per heavy atom. The first-order chi connectivity index (χ1) is 12.3. The minimum atomic E-state index is -0.154. The van der Waals surface area contributed by atoms with Crippen molar-refractivity contribution in [2.45, 2.75) is 136 Å². The molecule has 152 valence electrons. The van der Waals surface area contributed by atoms with Crippen LogP contribution in [0.25, 0.3) is 0 Å². The average molecular weight is 359 g/mol. The minimum absolute atomic E-state index is 0.154. The number of unbranched alkanes of at least 4 members (excludes halogenated alkanes) is 15. The van der Waals surface area contributed by atoms with Crippen LogP contribution in [0.4, 0.5) is 4.39 Å². The van der Waals surface area contributed by atoms with Gasteiger partial charge in [0.2, 0.25) is 0 Å². The molecule has 0 aliphatic rings. The molecule has 0 bridgehead atoms. The maximum Gasteiger partial charge on any atom is 0.0894 e. The third-order valence-corrected chi connectivity index (χ3v) is 5.14. The highest BCUT2D eigenvalue weighted by molar-refractivity contribution is 4.53. The first-order valence-electron chi connectivity index (χ1n) is 11.5. The zero-order chi connectivity index (χ0) is 18.4. The Bertz CT molecular complexity index is 232. The molecule has 0 radical (unpaired) electrons. The fourth-order valence-corrected chi connectivity index (χ4v) is 3.37. The quantitative estimate of drug-likeness (QED) is 0.187. The summed E-state index contributed by atoms with van der Waals surface area (Å²) in [6.07, 6.45) is 23.7. The highest BCUT2D eigenvalue weighted by atomic mass is 19.1. The van der Waals surface area contributed by atoms with Crippen molar-refractivity contribution in [1.29, 1.82) is 0 Å². The van der Waals surface area contributed by atoms with E-state index in [1.807, 2.05) is 0 Å². The lowest BCUT2D eigenvalue weighted by Crippen LogP contribution is -2.09. The molecule has 0 saturated carbocycles. The minimum Gasteiger partial charge on any atom is -0.379 e. The van der Waals surface area contributed by atoms with Crippen LogP contribution in [0, 0.1) is 0 Å². The van der Waals surface area contributed by atoms with Crippen LogP contribution in [0.1, 0.15) is 129 Å². The van der Waals surface area contributed by atoms with Crippen molar-refractivity contribution in [3.05, 3.63) is 0 Å². The van der Waals surface area contributed by atoms with Crippen molar-refractivity contribution in [1.82, 2.24) is 0 Å². The Balaban J connectivity index is 3.09. The summed E-state index contributed by atoms with van der Waals surface area (Å²) >= 11 is 0. The summed E-state index contributed by atoms with van der Waals surface area (Å²) < 4.78 is 17.9. The van der Waals surface area contributed by atoms with Crippen LogP contribution in [0.5, 0.6) is 0 Å². The Morgan fingerprint density at radius 1 is 0.600 bits per heavy atom. The lowest BCUT2D eigenvalue weighted by molar-refractivity contribution is 0.0557. The predicted octanol–water partition coefficient (Wildman–Crippen LogP) is 8.40. The number of ether oxygens (including phenoxy) is 1. The van der Waals surface area contributed by atoms with Crippen LogP contribution in [-0.4, -0.2) is 19.4 Å². The molecule has 0 aromatic heterocycles. The number of hydrogen-bond donors (Lipinski definition) is 0. The van der Waals surface area contributed by atoms with Crippen molar-refractivity contribution < 1.29 is 9.13 Å². The van der Waals surface area contributed by atoms with Gasteiger partial charge in [-0.15, -0.1) is 0 Å². The summed E-state index contributed by atoms with van der Waals surface area (Å²) in [6, 6.07) is 0. The molecular formula is C23H47FO. The van der Waals surface area contributed by atoms with Crippen molar-refractivity contribution in [2.75, 3.05) is 13.3 Å². The molecule has 0 rings (SSSR count). The lowest BCUT2D eigenvalue weighted by atomic mass is 10.1. The third kappa shape index (κ3) is 21.8. The van der Waals surface area contributed by atoms with E-state index in [0.29, 0.717) is 6.10 Å². The van der Waals surface area contributed by atoms with Crippen molar-refractivity contribution in [3.8, 4) is 0 Å². The van der Waals surface area contributed by atoms with E-state index >= 15 is 0 Å². The SMILES string of the molecule is CCCCCCCCCCCCCCOC(C)CCCCCCCF. The second kappa shape index (κ2) is 21.9. The van der Waals surface area contributed by atoms with Crippen molar-refractivity contribution in [3.63, 3.8) is 0 Å². The molecule has 25 heavy (non-hydrogen) atoms. The van der Waals surface area contributed by atoms with Gasteiger partial charge in [0.05, 0.1) is 12.8 Å². The van der Waals surface area contributed by atoms with Crippen LogP contribution in [0.2, 0.25) is 0 Å². The van der Waals surface area contributed by atoms with Crippen molar-refractivity contribution in [2.24, 2.45) is 0 Å². The fraction of sp³-hybridized carbons (Fsp3) is 1.00. The van der Waals surface area contributed by atoms with Gasteiger partial charge in [-0.3, -0.25) is 4.39 Å². The number of hydrogen-bond acceptors (Lipinski definition) is 1. The molecule has 0 heterocycles. The van der Waals surface area contributed by atoms with Crippen LogP contribution in [0.3, 0.4) is 0 Å². The highest BCUT2D eigenvalue weighted by Crippen LogP contribution is 2.13. The Kier molecular flexibility index (Phi) is 21.8. The van der Waals surface area contributed by atoms with Gasteiger partial charge in [0.15, 0.2) is 0 Å². The normalized spacial score (nSPS) is 12.6. The predicted molar refractivity (Wildman–Crippen MR) is 110 cm³/mol. The van der Waals surface area contributed by atoms with Crippen LogP contribution in [0.15, 0.2) is 0 Å². The topological polar surface area (TPSA) is 9.23 Å². The molecule has 1 nitrogen and oxygen atoms in total. The highest BCUT2D eigenvalue weighted by Gasteiger charge is 2.02. The molecule has 0 spiro atoms. The second-order valence-electron chi connectivity index (χ2n) is 7.82. The maximum atomic E-state index is 12.0.